The summed E-state index contributed by atoms with van der Waals surface area (Å²) in [7, 11) is 0. The molecule has 19 heavy (non-hydrogen) atoms. The molecule has 1 aromatic rings. The summed E-state index contributed by atoms with van der Waals surface area (Å²) in [6, 6.07) is 9.41. The summed E-state index contributed by atoms with van der Waals surface area (Å²) in [5.74, 6) is -0.839. The second-order valence-electron chi connectivity index (χ2n) is 4.99. The minimum atomic E-state index is -0.904. The molecular weight excluding hydrogens is 242 g/mol. The molecule has 1 saturated heterocycles. The highest BCUT2D eigenvalue weighted by molar-refractivity contribution is 5.88. The first kappa shape index (κ1) is 13.7. The van der Waals surface area contributed by atoms with E-state index < -0.39 is 12.0 Å². The van der Waals surface area contributed by atoms with Gasteiger partial charge in [-0.2, -0.15) is 0 Å². The molecule has 1 atom stereocenters. The number of carbonyl (C=O) groups excluding carboxylic acids is 1. The third-order valence-electron chi connectivity index (χ3n) is 3.53. The lowest BCUT2D eigenvalue weighted by atomic mass is 10.0. The van der Waals surface area contributed by atoms with Crippen molar-refractivity contribution in [2.45, 2.75) is 38.3 Å². The summed E-state index contributed by atoms with van der Waals surface area (Å²) in [5.41, 5.74) is 1.12. The second kappa shape index (κ2) is 6.48. The third kappa shape index (κ3) is 3.89. The van der Waals surface area contributed by atoms with Gasteiger partial charge in [-0.15, -0.1) is 0 Å². The van der Waals surface area contributed by atoms with Crippen LogP contribution in [0.1, 0.15) is 31.2 Å². The van der Waals surface area contributed by atoms with Crippen molar-refractivity contribution < 1.29 is 14.7 Å². The van der Waals surface area contributed by atoms with Crippen molar-refractivity contribution in [1.29, 1.82) is 0 Å². The number of hydrogen-bond donors (Lipinski definition) is 1. The highest BCUT2D eigenvalue weighted by Crippen LogP contribution is 2.19. The van der Waals surface area contributed by atoms with Crippen LogP contribution in [0.25, 0.3) is 0 Å². The Kier molecular flexibility index (Phi) is 4.68. The van der Waals surface area contributed by atoms with Gasteiger partial charge in [-0.1, -0.05) is 30.3 Å². The Morgan fingerprint density at radius 2 is 2.00 bits per heavy atom. The average molecular weight is 261 g/mol. The van der Waals surface area contributed by atoms with Crippen molar-refractivity contribution in [3.63, 3.8) is 0 Å². The highest BCUT2D eigenvalue weighted by Gasteiger charge is 2.29. The van der Waals surface area contributed by atoms with Crippen molar-refractivity contribution in [2.24, 2.45) is 0 Å². The molecule has 0 amide bonds. The lowest BCUT2D eigenvalue weighted by Crippen LogP contribution is -2.41. The van der Waals surface area contributed by atoms with Crippen LogP contribution in [-0.4, -0.2) is 34.3 Å². The van der Waals surface area contributed by atoms with Gasteiger partial charge in [-0.25, -0.2) is 0 Å². The minimum Gasteiger partial charge on any atom is -0.481 e. The number of hydrogen-bond acceptors (Lipinski definition) is 3. The SMILES string of the molecule is O=C(O)CC1C(=O)CCCCN1Cc1ccccc1. The minimum absolute atomic E-state index is 0.0656. The molecule has 1 unspecified atom stereocenters. The van der Waals surface area contributed by atoms with Gasteiger partial charge in [0.1, 0.15) is 0 Å². The Labute approximate surface area is 113 Å². The van der Waals surface area contributed by atoms with Gasteiger partial charge in [0.2, 0.25) is 0 Å². The van der Waals surface area contributed by atoms with Crippen LogP contribution in [-0.2, 0) is 16.1 Å². The molecule has 1 aromatic carbocycles. The van der Waals surface area contributed by atoms with Crippen LogP contribution in [0.15, 0.2) is 30.3 Å². The maximum atomic E-state index is 12.0. The number of rotatable bonds is 4. The van der Waals surface area contributed by atoms with Crippen molar-refractivity contribution in [2.75, 3.05) is 6.54 Å². The molecule has 1 aliphatic heterocycles. The summed E-state index contributed by atoms with van der Waals surface area (Å²) in [5, 5.41) is 8.98. The smallest absolute Gasteiger partial charge is 0.305 e. The fraction of sp³-hybridized carbons (Fsp3) is 0.467. The lowest BCUT2D eigenvalue weighted by Gasteiger charge is -2.27. The molecule has 1 fully saturated rings. The van der Waals surface area contributed by atoms with Gasteiger partial charge in [-0.05, 0) is 24.9 Å². The van der Waals surface area contributed by atoms with E-state index in [0.717, 1.165) is 24.9 Å². The zero-order valence-electron chi connectivity index (χ0n) is 10.9. The maximum absolute atomic E-state index is 12.0. The van der Waals surface area contributed by atoms with Crippen LogP contribution >= 0.6 is 0 Å². The predicted molar refractivity (Wildman–Crippen MR) is 71.8 cm³/mol. The Morgan fingerprint density at radius 3 is 2.68 bits per heavy atom. The Hall–Kier alpha value is -1.68. The molecule has 2 rings (SSSR count). The normalized spacial score (nSPS) is 21.1. The fourth-order valence-electron chi connectivity index (χ4n) is 2.56. The summed E-state index contributed by atoms with van der Waals surface area (Å²) >= 11 is 0. The third-order valence-corrected chi connectivity index (χ3v) is 3.53. The zero-order chi connectivity index (χ0) is 13.7. The van der Waals surface area contributed by atoms with Crippen LogP contribution in [0.5, 0.6) is 0 Å². The average Bonchev–Trinajstić information content (AvgIpc) is 2.55. The molecule has 4 heteroatoms. The number of aliphatic carboxylic acids is 1. The first-order chi connectivity index (χ1) is 9.16. The Balaban J connectivity index is 2.13. The molecule has 0 aliphatic carbocycles. The van der Waals surface area contributed by atoms with Crippen molar-refractivity contribution in [3.05, 3.63) is 35.9 Å². The van der Waals surface area contributed by atoms with E-state index in [1.165, 1.54) is 0 Å². The molecule has 0 saturated carbocycles. The molecule has 0 bridgehead atoms. The van der Waals surface area contributed by atoms with Crippen LogP contribution in [0.4, 0.5) is 0 Å². The lowest BCUT2D eigenvalue weighted by molar-refractivity contribution is -0.141. The molecular formula is C15H19NO3. The largest absolute Gasteiger partial charge is 0.481 e. The predicted octanol–water partition coefficient (Wildman–Crippen LogP) is 2.08. The molecule has 0 aromatic heterocycles. The number of nitrogens with zero attached hydrogens (tertiary/aromatic N) is 1. The summed E-state index contributed by atoms with van der Waals surface area (Å²) in [6.07, 6.45) is 2.23. The van der Waals surface area contributed by atoms with Crippen LogP contribution in [0, 0.1) is 0 Å². The number of carboxylic acid groups (broad SMARTS) is 1. The van der Waals surface area contributed by atoms with Crippen LogP contribution in [0.3, 0.4) is 0 Å². The topological polar surface area (TPSA) is 57.6 Å². The van der Waals surface area contributed by atoms with Gasteiger partial charge in [0.05, 0.1) is 12.5 Å². The van der Waals surface area contributed by atoms with Crippen LogP contribution < -0.4 is 0 Å². The fourth-order valence-corrected chi connectivity index (χ4v) is 2.56. The van der Waals surface area contributed by atoms with E-state index in [1.807, 2.05) is 35.2 Å². The zero-order valence-corrected chi connectivity index (χ0v) is 10.9. The van der Waals surface area contributed by atoms with E-state index in [-0.39, 0.29) is 12.2 Å². The van der Waals surface area contributed by atoms with Crippen LogP contribution in [0.2, 0.25) is 0 Å². The quantitative estimate of drug-likeness (QED) is 0.901. The molecule has 1 heterocycles. The van der Waals surface area contributed by atoms with E-state index in [1.54, 1.807) is 0 Å². The van der Waals surface area contributed by atoms with Crippen molar-refractivity contribution >= 4 is 11.8 Å². The summed E-state index contributed by atoms with van der Waals surface area (Å²) in [4.78, 5) is 25.0. The van der Waals surface area contributed by atoms with Gasteiger partial charge < -0.3 is 5.11 Å². The van der Waals surface area contributed by atoms with Gasteiger partial charge in [-0.3, -0.25) is 14.5 Å². The van der Waals surface area contributed by atoms with E-state index in [9.17, 15) is 9.59 Å². The van der Waals surface area contributed by atoms with Gasteiger partial charge >= 0.3 is 5.97 Å². The molecule has 1 aliphatic rings. The molecule has 0 spiro atoms. The number of likely N-dealkylation sites (tertiary alicyclic amines) is 1. The first-order valence-corrected chi connectivity index (χ1v) is 6.69. The monoisotopic (exact) mass is 261 g/mol. The van der Waals surface area contributed by atoms with Crippen molar-refractivity contribution in [3.8, 4) is 0 Å². The van der Waals surface area contributed by atoms with E-state index in [2.05, 4.69) is 0 Å². The second-order valence-corrected chi connectivity index (χ2v) is 4.99. The van der Waals surface area contributed by atoms with Gasteiger partial charge in [0.15, 0.2) is 5.78 Å². The standard InChI is InChI=1S/C15H19NO3/c17-14-8-4-5-9-16(13(14)10-15(18)19)11-12-6-2-1-3-7-12/h1-3,6-7,13H,4-5,8-11H2,(H,18,19). The Bertz CT molecular complexity index is 444. The molecule has 4 nitrogen and oxygen atoms in total. The number of benzene rings is 1. The molecule has 102 valence electrons. The maximum Gasteiger partial charge on any atom is 0.305 e. The van der Waals surface area contributed by atoms with E-state index in [4.69, 9.17) is 5.11 Å². The highest BCUT2D eigenvalue weighted by atomic mass is 16.4. The van der Waals surface area contributed by atoms with Crippen molar-refractivity contribution in [1.82, 2.24) is 4.90 Å². The van der Waals surface area contributed by atoms with Gasteiger partial charge in [0.25, 0.3) is 0 Å². The molecule has 0 radical (unpaired) electrons. The summed E-state index contributed by atoms with van der Waals surface area (Å²) < 4.78 is 0. The number of ketones is 1. The number of carboxylic acids is 1. The molecule has 1 N–H and O–H groups in total. The number of carbonyl (C=O) groups is 2. The van der Waals surface area contributed by atoms with E-state index >= 15 is 0 Å². The van der Waals surface area contributed by atoms with E-state index in [0.29, 0.717) is 13.0 Å². The number of Topliss-reactive ketones (excluding diaryl/α,β-unsaturated/α-hetero) is 1. The van der Waals surface area contributed by atoms with Gasteiger partial charge in [0, 0.05) is 13.0 Å². The Morgan fingerprint density at radius 1 is 1.26 bits per heavy atom. The summed E-state index contributed by atoms with van der Waals surface area (Å²) in [6.45, 7) is 1.43. The first-order valence-electron chi connectivity index (χ1n) is 6.69.